The number of likely N-dealkylation sites (tertiary alicyclic amines) is 1. The number of hydrogen-bond acceptors (Lipinski definition) is 10. The summed E-state index contributed by atoms with van der Waals surface area (Å²) in [4.78, 5) is 46.1. The summed E-state index contributed by atoms with van der Waals surface area (Å²) in [5.74, 6) is -0.202. The highest BCUT2D eigenvalue weighted by Crippen LogP contribution is 2.30. The van der Waals surface area contributed by atoms with Gasteiger partial charge in [-0.2, -0.15) is 15.2 Å². The number of fused-ring (bicyclic) bond motifs is 1. The van der Waals surface area contributed by atoms with Crippen molar-refractivity contribution in [3.05, 3.63) is 52.8 Å². The van der Waals surface area contributed by atoms with E-state index in [0.717, 1.165) is 24.0 Å². The molecule has 2 atom stereocenters. The number of hydrogen-bond donors (Lipinski definition) is 0. The average Bonchev–Trinajstić information content (AvgIpc) is 3.40. The number of nitrogens with zero attached hydrogens (tertiary/aromatic N) is 8. The summed E-state index contributed by atoms with van der Waals surface area (Å²) < 4.78 is 27.7. The number of aryl methyl sites for hydroxylation is 1. The van der Waals surface area contributed by atoms with Gasteiger partial charge in [-0.1, -0.05) is 12.6 Å². The third kappa shape index (κ3) is 5.37. The molecule has 0 spiro atoms. The molecule has 12 nitrogen and oxygen atoms in total. The van der Waals surface area contributed by atoms with Crippen molar-refractivity contribution in [2.75, 3.05) is 51.8 Å². The maximum atomic E-state index is 15.1. The Morgan fingerprint density at radius 1 is 1.21 bits per heavy atom. The molecule has 1 aromatic carbocycles. The molecule has 0 unspecified atom stereocenters. The molecule has 2 saturated heterocycles. The van der Waals surface area contributed by atoms with Crippen molar-refractivity contribution in [1.82, 2.24) is 29.3 Å². The molecule has 0 radical (unpaired) electrons. The monoisotopic (exact) mass is 576 g/mol. The Balaban J connectivity index is 1.64. The number of anilines is 1. The van der Waals surface area contributed by atoms with Crippen LogP contribution in [0.15, 0.2) is 35.6 Å². The Morgan fingerprint density at radius 2 is 2.02 bits per heavy atom. The summed E-state index contributed by atoms with van der Waals surface area (Å²) in [7, 11) is 3.42. The van der Waals surface area contributed by atoms with Crippen LogP contribution in [0.25, 0.3) is 16.7 Å². The number of carbonyl (C=O) groups is 1. The lowest BCUT2D eigenvalue weighted by Gasteiger charge is -2.40. The molecule has 220 valence electrons. The van der Waals surface area contributed by atoms with Gasteiger partial charge in [-0.05, 0) is 51.6 Å². The quantitative estimate of drug-likeness (QED) is 0.368. The second-order valence-electron chi connectivity index (χ2n) is 10.4. The molecule has 5 rings (SSSR count). The van der Waals surface area contributed by atoms with Crippen LogP contribution in [0.2, 0.25) is 0 Å². The number of halogens is 1. The fourth-order valence-electron chi connectivity index (χ4n) is 5.66. The zero-order chi connectivity index (χ0) is 30.0. The molecule has 0 aliphatic carbocycles. The van der Waals surface area contributed by atoms with Gasteiger partial charge in [-0.3, -0.25) is 14.2 Å². The van der Waals surface area contributed by atoms with Crippen LogP contribution in [0.4, 0.5) is 10.2 Å². The van der Waals surface area contributed by atoms with E-state index < -0.39 is 17.4 Å². The molecule has 1 amide bonds. The number of piperazine rings is 1. The van der Waals surface area contributed by atoms with Crippen molar-refractivity contribution in [3.63, 3.8) is 0 Å². The fraction of sp³-hybridized carbons (Fsp3) is 0.448. The SMILES string of the molecule is C=CC(=O)N1CCN(c2nc(OC[C@@H]3CCCN3C)nc3c(=O)n(-c4c(F)cccc4OC)c(C)nc23)C[C@@H]1CC#N. The lowest BCUT2D eigenvalue weighted by Crippen LogP contribution is -2.55. The molecule has 3 aromatic rings. The molecule has 2 aliphatic heterocycles. The Bertz CT molecular complexity index is 1620. The first-order valence-corrected chi connectivity index (χ1v) is 13.8. The van der Waals surface area contributed by atoms with Gasteiger partial charge in [-0.25, -0.2) is 9.37 Å². The van der Waals surface area contributed by atoms with Gasteiger partial charge in [-0.15, -0.1) is 0 Å². The molecule has 2 aromatic heterocycles. The van der Waals surface area contributed by atoms with Gasteiger partial charge in [0.25, 0.3) is 5.56 Å². The van der Waals surface area contributed by atoms with Crippen LogP contribution < -0.4 is 19.9 Å². The van der Waals surface area contributed by atoms with E-state index in [0.29, 0.717) is 25.5 Å². The van der Waals surface area contributed by atoms with Crippen molar-refractivity contribution in [3.8, 4) is 23.5 Å². The van der Waals surface area contributed by atoms with Crippen molar-refractivity contribution < 1.29 is 18.7 Å². The Labute approximate surface area is 242 Å². The van der Waals surface area contributed by atoms with Gasteiger partial charge in [0.15, 0.2) is 17.2 Å². The lowest BCUT2D eigenvalue weighted by molar-refractivity contribution is -0.128. The predicted octanol–water partition coefficient (Wildman–Crippen LogP) is 2.22. The van der Waals surface area contributed by atoms with Gasteiger partial charge in [0.1, 0.15) is 29.4 Å². The van der Waals surface area contributed by atoms with Crippen LogP contribution in [0.5, 0.6) is 11.8 Å². The van der Waals surface area contributed by atoms with Crippen molar-refractivity contribution >= 4 is 22.8 Å². The van der Waals surface area contributed by atoms with Crippen molar-refractivity contribution in [1.29, 1.82) is 5.26 Å². The standard InChI is InChI=1S/C29H33FN8O4/c1-5-23(39)37-15-14-36(16-19(37)11-12-31)27-24-25(33-29(34-27)42-17-20-8-7-13-35(20)3)28(40)38(18(2)32-24)26-21(30)9-6-10-22(26)41-4/h5-6,9-10,19-20H,1,7-8,11,13-17H2,2-4H3/t19-,20-/m0/s1. The Hall–Kier alpha value is -4.57. The maximum Gasteiger partial charge on any atom is 0.319 e. The topological polar surface area (TPSA) is 130 Å². The van der Waals surface area contributed by atoms with Gasteiger partial charge in [0.2, 0.25) is 5.91 Å². The molecule has 0 N–H and O–H groups in total. The largest absolute Gasteiger partial charge is 0.494 e. The first-order valence-electron chi connectivity index (χ1n) is 13.8. The maximum absolute atomic E-state index is 15.1. The van der Waals surface area contributed by atoms with Crippen LogP contribution in [0.1, 0.15) is 25.1 Å². The first-order chi connectivity index (χ1) is 20.3. The van der Waals surface area contributed by atoms with Gasteiger partial charge < -0.3 is 24.2 Å². The fourth-order valence-corrected chi connectivity index (χ4v) is 5.66. The molecule has 0 saturated carbocycles. The van der Waals surface area contributed by atoms with E-state index in [2.05, 4.69) is 32.5 Å². The highest BCUT2D eigenvalue weighted by molar-refractivity contribution is 5.88. The Kier molecular flexibility index (Phi) is 8.35. The molecule has 4 heterocycles. The van der Waals surface area contributed by atoms with Crippen molar-refractivity contribution in [2.45, 2.75) is 38.3 Å². The minimum Gasteiger partial charge on any atom is -0.494 e. The highest BCUT2D eigenvalue weighted by Gasteiger charge is 2.32. The van der Waals surface area contributed by atoms with Crippen LogP contribution in [0, 0.1) is 24.1 Å². The Morgan fingerprint density at radius 3 is 2.71 bits per heavy atom. The smallest absolute Gasteiger partial charge is 0.319 e. The van der Waals surface area contributed by atoms with Crippen molar-refractivity contribution in [2.24, 2.45) is 0 Å². The van der Waals surface area contributed by atoms with E-state index in [1.54, 1.807) is 17.9 Å². The third-order valence-corrected chi connectivity index (χ3v) is 7.88. The zero-order valence-electron chi connectivity index (χ0n) is 23.9. The number of nitriles is 1. The molecule has 42 heavy (non-hydrogen) atoms. The number of carbonyl (C=O) groups excluding carboxylic acids is 1. The number of methoxy groups -OCH3 is 1. The second-order valence-corrected chi connectivity index (χ2v) is 10.4. The summed E-state index contributed by atoms with van der Waals surface area (Å²) in [5, 5.41) is 9.46. The number of likely N-dealkylation sites (N-methyl/N-ethyl adjacent to an activating group) is 1. The molecular formula is C29H33FN8O4. The van der Waals surface area contributed by atoms with E-state index in [1.165, 1.54) is 25.3 Å². The number of benzene rings is 1. The number of amides is 1. The molecule has 2 aliphatic rings. The van der Waals surface area contributed by atoms with E-state index in [4.69, 9.17) is 9.47 Å². The van der Waals surface area contributed by atoms with Crippen LogP contribution in [-0.4, -0.2) is 94.3 Å². The number of para-hydroxylation sites is 1. The molecule has 0 bridgehead atoms. The lowest BCUT2D eigenvalue weighted by atomic mass is 10.1. The molecule has 2 fully saturated rings. The molecule has 13 heteroatoms. The van der Waals surface area contributed by atoms with E-state index in [-0.39, 0.29) is 59.2 Å². The van der Waals surface area contributed by atoms with E-state index >= 15 is 4.39 Å². The van der Waals surface area contributed by atoms with Gasteiger partial charge in [0.05, 0.1) is 25.6 Å². The summed E-state index contributed by atoms with van der Waals surface area (Å²) in [6.45, 7) is 7.41. The second kappa shape index (κ2) is 12.1. The van der Waals surface area contributed by atoms with Gasteiger partial charge in [0, 0.05) is 25.7 Å². The van der Waals surface area contributed by atoms with Crippen LogP contribution >= 0.6 is 0 Å². The summed E-state index contributed by atoms with van der Waals surface area (Å²) >= 11 is 0. The van der Waals surface area contributed by atoms with E-state index in [1.807, 2.05) is 11.9 Å². The number of aromatic nitrogens is 4. The van der Waals surface area contributed by atoms with E-state index in [9.17, 15) is 14.9 Å². The minimum atomic E-state index is -0.655. The minimum absolute atomic E-state index is 0.00553. The summed E-state index contributed by atoms with van der Waals surface area (Å²) in [6, 6.07) is 6.19. The summed E-state index contributed by atoms with van der Waals surface area (Å²) in [6.07, 6.45) is 3.35. The number of ether oxygens (including phenoxy) is 2. The van der Waals surface area contributed by atoms with Crippen LogP contribution in [0.3, 0.4) is 0 Å². The zero-order valence-corrected chi connectivity index (χ0v) is 23.9. The predicted molar refractivity (Wildman–Crippen MR) is 153 cm³/mol. The van der Waals surface area contributed by atoms with Crippen LogP contribution in [-0.2, 0) is 4.79 Å². The highest BCUT2D eigenvalue weighted by atomic mass is 19.1. The average molecular weight is 577 g/mol. The normalized spacial score (nSPS) is 19.1. The summed E-state index contributed by atoms with van der Waals surface area (Å²) in [5.41, 5.74) is -0.514. The third-order valence-electron chi connectivity index (χ3n) is 7.88. The van der Waals surface area contributed by atoms with Gasteiger partial charge >= 0.3 is 6.01 Å². The first kappa shape index (κ1) is 28.9. The molecular weight excluding hydrogens is 543 g/mol. The number of rotatable bonds is 8.